The number of methoxy groups -OCH3 is 1. The highest BCUT2D eigenvalue weighted by molar-refractivity contribution is 5.95. The van der Waals surface area contributed by atoms with E-state index in [1.165, 1.54) is 7.11 Å². The fourth-order valence-electron chi connectivity index (χ4n) is 2.07. The fraction of sp³-hybridized carbons (Fsp3) is 0.357. The van der Waals surface area contributed by atoms with E-state index in [4.69, 9.17) is 4.74 Å². The number of alkyl halides is 2. The van der Waals surface area contributed by atoms with E-state index in [0.29, 0.717) is 16.9 Å². The lowest BCUT2D eigenvalue weighted by Gasteiger charge is -2.35. The molecule has 0 radical (unpaired) electrons. The zero-order valence-corrected chi connectivity index (χ0v) is 10.6. The Kier molecular flexibility index (Phi) is 3.55. The molecule has 1 amide bonds. The first-order chi connectivity index (χ1) is 8.95. The second-order valence-corrected chi connectivity index (χ2v) is 4.60. The lowest BCUT2D eigenvalue weighted by atomic mass is 9.88. The van der Waals surface area contributed by atoms with Gasteiger partial charge in [0.05, 0.1) is 7.11 Å². The third-order valence-corrected chi connectivity index (χ3v) is 3.14. The van der Waals surface area contributed by atoms with E-state index >= 15 is 0 Å². The van der Waals surface area contributed by atoms with Gasteiger partial charge < -0.3 is 10.1 Å². The molecule has 1 aliphatic rings. The fourth-order valence-corrected chi connectivity index (χ4v) is 2.07. The molecule has 0 atom stereocenters. The molecule has 0 heterocycles. The number of hydrogen-bond acceptors (Lipinski definition) is 2. The molecule has 1 aromatic rings. The molecule has 1 N–H and O–H groups in total. The summed E-state index contributed by atoms with van der Waals surface area (Å²) in [5.74, 6) is -2.38. The van der Waals surface area contributed by atoms with Crippen molar-refractivity contribution < 1.29 is 18.3 Å². The van der Waals surface area contributed by atoms with Crippen LogP contribution in [0.5, 0.6) is 5.75 Å². The van der Waals surface area contributed by atoms with Crippen LogP contribution in [-0.2, 0) is 0 Å². The standard InChI is InChI=1S/C14H15F2NO2/c1-3-9-6-10(4-5-12(9)19-2)13(18)17-11-7-14(15,16)8-11/h3-6,11H,1,7-8H2,2H3,(H,17,18). The summed E-state index contributed by atoms with van der Waals surface area (Å²) < 4.78 is 30.5. The number of rotatable bonds is 4. The van der Waals surface area contributed by atoms with Gasteiger partial charge in [0.2, 0.25) is 0 Å². The molecule has 5 heteroatoms. The molecule has 0 aromatic heterocycles. The largest absolute Gasteiger partial charge is 0.496 e. The SMILES string of the molecule is C=Cc1cc(C(=O)NC2CC(F)(F)C2)ccc1OC. The minimum atomic E-state index is -2.63. The van der Waals surface area contributed by atoms with Gasteiger partial charge in [-0.15, -0.1) is 0 Å². The molecule has 1 aromatic carbocycles. The molecule has 1 aliphatic carbocycles. The Hall–Kier alpha value is -1.91. The van der Waals surface area contributed by atoms with Crippen molar-refractivity contribution in [1.29, 1.82) is 0 Å². The van der Waals surface area contributed by atoms with Crippen molar-refractivity contribution >= 4 is 12.0 Å². The molecule has 0 saturated heterocycles. The molecule has 0 spiro atoms. The minimum absolute atomic E-state index is 0.288. The Morgan fingerprint density at radius 1 is 1.53 bits per heavy atom. The monoisotopic (exact) mass is 267 g/mol. The lowest BCUT2D eigenvalue weighted by molar-refractivity contribution is -0.0901. The summed E-state index contributed by atoms with van der Waals surface area (Å²) in [6.45, 7) is 3.64. The molecule has 1 saturated carbocycles. The van der Waals surface area contributed by atoms with Gasteiger partial charge in [-0.05, 0) is 18.2 Å². The average molecular weight is 267 g/mol. The van der Waals surface area contributed by atoms with Crippen molar-refractivity contribution in [3.8, 4) is 5.75 Å². The maximum Gasteiger partial charge on any atom is 0.252 e. The van der Waals surface area contributed by atoms with Crippen molar-refractivity contribution in [3.05, 3.63) is 35.9 Å². The Bertz CT molecular complexity index is 506. The van der Waals surface area contributed by atoms with E-state index in [9.17, 15) is 13.6 Å². The summed E-state index contributed by atoms with van der Waals surface area (Å²) in [7, 11) is 1.53. The summed E-state index contributed by atoms with van der Waals surface area (Å²) in [4.78, 5) is 11.9. The summed E-state index contributed by atoms with van der Waals surface area (Å²) in [6, 6.07) is 4.42. The molecule has 102 valence electrons. The number of halogens is 2. The molecule has 2 rings (SSSR count). The summed E-state index contributed by atoms with van der Waals surface area (Å²) in [6.07, 6.45) is 1.000. The van der Waals surface area contributed by atoms with Gasteiger partial charge in [0.15, 0.2) is 0 Å². The van der Waals surface area contributed by atoms with Gasteiger partial charge in [0, 0.05) is 30.0 Å². The third kappa shape index (κ3) is 2.92. The Morgan fingerprint density at radius 2 is 2.21 bits per heavy atom. The van der Waals surface area contributed by atoms with Crippen molar-refractivity contribution in [2.24, 2.45) is 0 Å². The van der Waals surface area contributed by atoms with Gasteiger partial charge in [-0.25, -0.2) is 8.78 Å². The zero-order chi connectivity index (χ0) is 14.0. The number of benzene rings is 1. The lowest BCUT2D eigenvalue weighted by Crippen LogP contribution is -2.50. The highest BCUT2D eigenvalue weighted by Crippen LogP contribution is 2.37. The molecule has 3 nitrogen and oxygen atoms in total. The van der Waals surface area contributed by atoms with Crippen molar-refractivity contribution in [1.82, 2.24) is 5.32 Å². The van der Waals surface area contributed by atoms with E-state index in [2.05, 4.69) is 11.9 Å². The second kappa shape index (κ2) is 4.99. The van der Waals surface area contributed by atoms with Gasteiger partial charge in [-0.3, -0.25) is 4.79 Å². The Morgan fingerprint density at radius 3 is 2.74 bits per heavy atom. The highest BCUT2D eigenvalue weighted by atomic mass is 19.3. The van der Waals surface area contributed by atoms with Crippen molar-refractivity contribution in [3.63, 3.8) is 0 Å². The number of amides is 1. The first-order valence-electron chi connectivity index (χ1n) is 5.94. The zero-order valence-electron chi connectivity index (χ0n) is 10.6. The normalized spacial score (nSPS) is 17.4. The van der Waals surface area contributed by atoms with Crippen LogP contribution in [0, 0.1) is 0 Å². The van der Waals surface area contributed by atoms with Gasteiger partial charge in [0.25, 0.3) is 11.8 Å². The molecule has 19 heavy (non-hydrogen) atoms. The highest BCUT2D eigenvalue weighted by Gasteiger charge is 2.45. The third-order valence-electron chi connectivity index (χ3n) is 3.14. The van der Waals surface area contributed by atoms with Crippen LogP contribution in [0.15, 0.2) is 24.8 Å². The quantitative estimate of drug-likeness (QED) is 0.911. The smallest absolute Gasteiger partial charge is 0.252 e. The van der Waals surface area contributed by atoms with Crippen LogP contribution in [0.4, 0.5) is 8.78 Å². The maximum absolute atomic E-state index is 12.7. The molecule has 0 bridgehead atoms. The van der Waals surface area contributed by atoms with E-state index in [-0.39, 0.29) is 18.7 Å². The van der Waals surface area contributed by atoms with Gasteiger partial charge in [0.1, 0.15) is 5.75 Å². The number of nitrogens with one attached hydrogen (secondary N) is 1. The number of carbonyl (C=O) groups excluding carboxylic acids is 1. The van der Waals surface area contributed by atoms with Crippen LogP contribution in [0.25, 0.3) is 6.08 Å². The van der Waals surface area contributed by atoms with Crippen LogP contribution >= 0.6 is 0 Å². The summed E-state index contributed by atoms with van der Waals surface area (Å²) in [5, 5.41) is 2.58. The summed E-state index contributed by atoms with van der Waals surface area (Å²) >= 11 is 0. The first-order valence-corrected chi connectivity index (χ1v) is 5.94. The first kappa shape index (κ1) is 13.5. The van der Waals surface area contributed by atoms with Gasteiger partial charge >= 0.3 is 0 Å². The van der Waals surface area contributed by atoms with Crippen LogP contribution in [-0.4, -0.2) is 25.0 Å². The van der Waals surface area contributed by atoms with E-state index in [0.717, 1.165) is 0 Å². The van der Waals surface area contributed by atoms with E-state index < -0.39 is 12.0 Å². The van der Waals surface area contributed by atoms with Crippen molar-refractivity contribution in [2.75, 3.05) is 7.11 Å². The van der Waals surface area contributed by atoms with Gasteiger partial charge in [-0.1, -0.05) is 12.7 Å². The van der Waals surface area contributed by atoms with E-state index in [1.807, 2.05) is 0 Å². The topological polar surface area (TPSA) is 38.3 Å². The maximum atomic E-state index is 12.7. The Balaban J connectivity index is 2.05. The molecule has 1 fully saturated rings. The molecular weight excluding hydrogens is 252 g/mol. The van der Waals surface area contributed by atoms with Crippen LogP contribution in [0.3, 0.4) is 0 Å². The van der Waals surface area contributed by atoms with Crippen LogP contribution in [0.1, 0.15) is 28.8 Å². The van der Waals surface area contributed by atoms with Crippen molar-refractivity contribution in [2.45, 2.75) is 24.8 Å². The second-order valence-electron chi connectivity index (χ2n) is 4.60. The van der Waals surface area contributed by atoms with E-state index in [1.54, 1.807) is 24.3 Å². The number of ether oxygens (including phenoxy) is 1. The molecule has 0 unspecified atom stereocenters. The minimum Gasteiger partial charge on any atom is -0.496 e. The van der Waals surface area contributed by atoms with Crippen LogP contribution in [0.2, 0.25) is 0 Å². The van der Waals surface area contributed by atoms with Gasteiger partial charge in [-0.2, -0.15) is 0 Å². The van der Waals surface area contributed by atoms with Crippen LogP contribution < -0.4 is 10.1 Å². The molecular formula is C14H15F2NO2. The summed E-state index contributed by atoms with van der Waals surface area (Å²) in [5.41, 5.74) is 1.10. The predicted octanol–water partition coefficient (Wildman–Crippen LogP) is 2.87. The number of hydrogen-bond donors (Lipinski definition) is 1. The Labute approximate surface area is 110 Å². The molecule has 0 aliphatic heterocycles. The predicted molar refractivity (Wildman–Crippen MR) is 68.5 cm³/mol. The number of carbonyl (C=O) groups is 1. The average Bonchev–Trinajstić information content (AvgIpc) is 2.35.